The summed E-state index contributed by atoms with van der Waals surface area (Å²) in [6, 6.07) is 12.6. The summed E-state index contributed by atoms with van der Waals surface area (Å²) in [4.78, 5) is 4.29. The van der Waals surface area contributed by atoms with Crippen LogP contribution in [0.5, 0.6) is 0 Å². The van der Waals surface area contributed by atoms with Crippen LogP contribution in [0.4, 0.5) is 4.39 Å². The van der Waals surface area contributed by atoms with Crippen LogP contribution in [0.15, 0.2) is 57.9 Å². The van der Waals surface area contributed by atoms with Crippen molar-refractivity contribution in [3.8, 4) is 11.4 Å². The second-order valence-corrected chi connectivity index (χ2v) is 8.39. The van der Waals surface area contributed by atoms with E-state index in [-0.39, 0.29) is 30.5 Å². The highest BCUT2D eigenvalue weighted by atomic mass is 32.2. The van der Waals surface area contributed by atoms with E-state index in [4.69, 9.17) is 9.26 Å². The fraction of sp³-hybridized carbons (Fsp3) is 0.263. The van der Waals surface area contributed by atoms with Gasteiger partial charge in [-0.1, -0.05) is 35.5 Å². The van der Waals surface area contributed by atoms with Crippen LogP contribution >= 0.6 is 0 Å². The molecule has 4 rings (SSSR count). The van der Waals surface area contributed by atoms with Gasteiger partial charge in [0.25, 0.3) is 5.89 Å². The van der Waals surface area contributed by atoms with E-state index in [1.807, 2.05) is 31.2 Å². The summed E-state index contributed by atoms with van der Waals surface area (Å²) in [6.45, 7) is 2.28. The van der Waals surface area contributed by atoms with E-state index in [0.717, 1.165) is 17.2 Å². The Bertz CT molecular complexity index is 1100. The van der Waals surface area contributed by atoms with Crippen molar-refractivity contribution in [2.24, 2.45) is 0 Å². The second-order valence-electron chi connectivity index (χ2n) is 6.45. The molecule has 3 aromatic rings. The molecule has 0 amide bonds. The highest BCUT2D eigenvalue weighted by molar-refractivity contribution is 7.89. The first-order chi connectivity index (χ1) is 13.4. The minimum Gasteiger partial charge on any atom is -0.366 e. The Labute approximate surface area is 161 Å². The van der Waals surface area contributed by atoms with E-state index in [1.165, 1.54) is 22.5 Å². The molecule has 0 spiro atoms. The third-order valence-corrected chi connectivity index (χ3v) is 6.43. The minimum absolute atomic E-state index is 0.00819. The summed E-state index contributed by atoms with van der Waals surface area (Å²) in [5.74, 6) is 0.0184. The fourth-order valence-electron chi connectivity index (χ4n) is 3.07. The summed E-state index contributed by atoms with van der Waals surface area (Å²) in [5, 5.41) is 4.00. The standard InChI is InChI=1S/C19H18FN3O4S/c1-13-5-2-3-8-16(13)18-21-19(27-22-18)17-12-23(9-10-26-17)28(24,25)15-7-4-6-14(20)11-15/h2-8,11,17H,9-10,12H2,1H3/t17-/m1/s1. The Hall–Kier alpha value is -2.62. The first-order valence-corrected chi connectivity index (χ1v) is 10.2. The maximum Gasteiger partial charge on any atom is 0.257 e. The second kappa shape index (κ2) is 7.42. The lowest BCUT2D eigenvalue weighted by molar-refractivity contribution is -0.0199. The number of halogens is 1. The van der Waals surface area contributed by atoms with Gasteiger partial charge in [-0.25, -0.2) is 12.8 Å². The normalized spacial score (nSPS) is 18.3. The zero-order valence-corrected chi connectivity index (χ0v) is 15.9. The van der Waals surface area contributed by atoms with Gasteiger partial charge in [0.05, 0.1) is 11.5 Å². The molecule has 1 saturated heterocycles. The van der Waals surface area contributed by atoms with Crippen molar-refractivity contribution in [2.75, 3.05) is 19.7 Å². The molecule has 2 aromatic carbocycles. The number of aryl methyl sites for hydroxylation is 1. The minimum atomic E-state index is -3.85. The zero-order chi connectivity index (χ0) is 19.7. The van der Waals surface area contributed by atoms with Gasteiger partial charge in [-0.15, -0.1) is 0 Å². The Morgan fingerprint density at radius 3 is 2.79 bits per heavy atom. The zero-order valence-electron chi connectivity index (χ0n) is 15.1. The van der Waals surface area contributed by atoms with Gasteiger partial charge in [-0.05, 0) is 30.7 Å². The molecule has 1 fully saturated rings. The van der Waals surface area contributed by atoms with Gasteiger partial charge in [-0.2, -0.15) is 9.29 Å². The SMILES string of the molecule is Cc1ccccc1-c1noc([C@H]2CN(S(=O)(=O)c3cccc(F)c3)CCO2)n1. The molecule has 7 nitrogen and oxygen atoms in total. The molecule has 1 aliphatic rings. The van der Waals surface area contributed by atoms with Crippen molar-refractivity contribution >= 4 is 10.0 Å². The van der Waals surface area contributed by atoms with Crippen LogP contribution in [0.2, 0.25) is 0 Å². The largest absolute Gasteiger partial charge is 0.366 e. The number of sulfonamides is 1. The first-order valence-electron chi connectivity index (χ1n) is 8.72. The lowest BCUT2D eigenvalue weighted by Gasteiger charge is -2.30. The molecule has 9 heteroatoms. The number of hydrogen-bond acceptors (Lipinski definition) is 6. The molecule has 146 valence electrons. The maximum absolute atomic E-state index is 13.5. The van der Waals surface area contributed by atoms with Crippen LogP contribution in [0.25, 0.3) is 11.4 Å². The number of benzene rings is 2. The molecule has 0 unspecified atom stereocenters. The molecule has 1 aliphatic heterocycles. The summed E-state index contributed by atoms with van der Waals surface area (Å²) < 4.78 is 51.3. The molecular weight excluding hydrogens is 385 g/mol. The van der Waals surface area contributed by atoms with E-state index < -0.39 is 21.9 Å². The van der Waals surface area contributed by atoms with Crippen molar-refractivity contribution in [1.82, 2.24) is 14.4 Å². The van der Waals surface area contributed by atoms with E-state index in [9.17, 15) is 12.8 Å². The van der Waals surface area contributed by atoms with Crippen LogP contribution in [0.1, 0.15) is 17.6 Å². The Balaban J connectivity index is 1.57. The predicted molar refractivity (Wildman–Crippen MR) is 98.3 cm³/mol. The van der Waals surface area contributed by atoms with E-state index in [2.05, 4.69) is 10.1 Å². The lowest BCUT2D eigenvalue weighted by atomic mass is 10.1. The molecule has 28 heavy (non-hydrogen) atoms. The van der Waals surface area contributed by atoms with Gasteiger partial charge >= 0.3 is 0 Å². The molecule has 0 saturated carbocycles. The van der Waals surface area contributed by atoms with Crippen molar-refractivity contribution in [2.45, 2.75) is 17.9 Å². The molecular formula is C19H18FN3O4S. The van der Waals surface area contributed by atoms with Gasteiger partial charge in [0, 0.05) is 18.7 Å². The fourth-order valence-corrected chi connectivity index (χ4v) is 4.53. The predicted octanol–water partition coefficient (Wildman–Crippen LogP) is 2.95. The van der Waals surface area contributed by atoms with Crippen molar-refractivity contribution in [3.05, 3.63) is 65.8 Å². The highest BCUT2D eigenvalue weighted by Gasteiger charge is 2.34. The van der Waals surface area contributed by atoms with Gasteiger partial charge in [0.15, 0.2) is 6.10 Å². The summed E-state index contributed by atoms with van der Waals surface area (Å²) >= 11 is 0. The number of hydrogen-bond donors (Lipinski definition) is 0. The number of aromatic nitrogens is 2. The van der Waals surface area contributed by atoms with Crippen LogP contribution in [0.3, 0.4) is 0 Å². The number of nitrogens with zero attached hydrogens (tertiary/aromatic N) is 3. The van der Waals surface area contributed by atoms with Crippen LogP contribution in [-0.4, -0.2) is 42.6 Å². The van der Waals surface area contributed by atoms with Crippen molar-refractivity contribution in [3.63, 3.8) is 0 Å². The van der Waals surface area contributed by atoms with Crippen LogP contribution < -0.4 is 0 Å². The highest BCUT2D eigenvalue weighted by Crippen LogP contribution is 2.28. The summed E-state index contributed by atoms with van der Waals surface area (Å²) in [7, 11) is -3.85. The molecule has 0 N–H and O–H groups in total. The summed E-state index contributed by atoms with van der Waals surface area (Å²) in [6.07, 6.45) is -0.692. The van der Waals surface area contributed by atoms with Gasteiger partial charge in [-0.3, -0.25) is 0 Å². The molecule has 1 aromatic heterocycles. The number of morpholine rings is 1. The average Bonchev–Trinajstić information content (AvgIpc) is 3.18. The van der Waals surface area contributed by atoms with Gasteiger partial charge in [0.1, 0.15) is 5.82 Å². The Kier molecular flexibility index (Phi) is 4.96. The molecule has 1 atom stereocenters. The molecule has 2 heterocycles. The monoisotopic (exact) mass is 403 g/mol. The number of ether oxygens (including phenoxy) is 1. The van der Waals surface area contributed by atoms with Crippen molar-refractivity contribution in [1.29, 1.82) is 0 Å². The van der Waals surface area contributed by atoms with Crippen LogP contribution in [0, 0.1) is 12.7 Å². The number of rotatable bonds is 4. The van der Waals surface area contributed by atoms with Gasteiger partial charge < -0.3 is 9.26 Å². The average molecular weight is 403 g/mol. The first kappa shape index (κ1) is 18.7. The maximum atomic E-state index is 13.5. The Morgan fingerprint density at radius 2 is 2.00 bits per heavy atom. The third-order valence-electron chi connectivity index (χ3n) is 4.57. The molecule has 0 aliphatic carbocycles. The quantitative estimate of drug-likeness (QED) is 0.666. The Morgan fingerprint density at radius 1 is 1.18 bits per heavy atom. The van der Waals surface area contributed by atoms with E-state index >= 15 is 0 Å². The van der Waals surface area contributed by atoms with E-state index in [1.54, 1.807) is 0 Å². The molecule has 0 bridgehead atoms. The lowest BCUT2D eigenvalue weighted by Crippen LogP contribution is -2.42. The van der Waals surface area contributed by atoms with Crippen LogP contribution in [-0.2, 0) is 14.8 Å². The smallest absolute Gasteiger partial charge is 0.257 e. The third kappa shape index (κ3) is 3.56. The van der Waals surface area contributed by atoms with Gasteiger partial charge in [0.2, 0.25) is 15.8 Å². The topological polar surface area (TPSA) is 85.5 Å². The molecule has 0 radical (unpaired) electrons. The van der Waals surface area contributed by atoms with Crippen molar-refractivity contribution < 1.29 is 22.1 Å². The summed E-state index contributed by atoms with van der Waals surface area (Å²) in [5.41, 5.74) is 1.83. The van der Waals surface area contributed by atoms with E-state index in [0.29, 0.717) is 5.82 Å².